The summed E-state index contributed by atoms with van der Waals surface area (Å²) in [6.07, 6.45) is 5.99. The first-order valence-electron chi connectivity index (χ1n) is 6.72. The third-order valence-electron chi connectivity index (χ3n) is 3.52. The van der Waals surface area contributed by atoms with E-state index in [0.717, 1.165) is 5.57 Å². The molecule has 0 amide bonds. The Bertz CT molecular complexity index is 552. The second kappa shape index (κ2) is 6.14. The molecule has 0 aromatic heterocycles. The summed E-state index contributed by atoms with van der Waals surface area (Å²) < 4.78 is 0. The lowest BCUT2D eigenvalue weighted by Gasteiger charge is -2.25. The Balaban J connectivity index is 3.43. The van der Waals surface area contributed by atoms with Gasteiger partial charge < -0.3 is 15.3 Å². The normalized spacial score (nSPS) is 13.2. The van der Waals surface area contributed by atoms with Crippen LogP contribution in [0, 0.1) is 6.92 Å². The number of aliphatic hydroxyl groups is 1. The molecule has 3 N–H and O–H groups in total. The summed E-state index contributed by atoms with van der Waals surface area (Å²) in [7, 11) is 0. The van der Waals surface area contributed by atoms with Crippen LogP contribution in [0.2, 0.25) is 0 Å². The molecule has 0 radical (unpaired) electrons. The molecule has 3 heteroatoms. The maximum atomic E-state index is 10.3. The predicted octanol–water partition coefficient (Wildman–Crippen LogP) is 3.70. The standard InChI is InChI=1S/C17H24O3/c1-6-7-11(2)9-17(4,5)14-8-15(19)13(10-18)12(3)16(14)20/h6-9,18-20H,10H2,1-5H3/b7-6-,11-9+. The quantitative estimate of drug-likeness (QED) is 0.580. The van der Waals surface area contributed by atoms with E-state index in [9.17, 15) is 15.3 Å². The van der Waals surface area contributed by atoms with Crippen molar-refractivity contribution in [3.63, 3.8) is 0 Å². The zero-order chi connectivity index (χ0) is 15.5. The Labute approximate surface area is 120 Å². The fraction of sp³-hybridized carbons (Fsp3) is 0.412. The third-order valence-corrected chi connectivity index (χ3v) is 3.52. The van der Waals surface area contributed by atoms with Crippen molar-refractivity contribution in [2.45, 2.75) is 46.6 Å². The van der Waals surface area contributed by atoms with E-state index in [1.807, 2.05) is 45.9 Å². The molecule has 110 valence electrons. The minimum atomic E-state index is -0.427. The van der Waals surface area contributed by atoms with Crippen molar-refractivity contribution in [3.05, 3.63) is 46.6 Å². The fourth-order valence-electron chi connectivity index (χ4n) is 2.48. The van der Waals surface area contributed by atoms with Gasteiger partial charge in [-0.15, -0.1) is 0 Å². The minimum Gasteiger partial charge on any atom is -0.508 e. The van der Waals surface area contributed by atoms with Gasteiger partial charge in [-0.25, -0.2) is 0 Å². The fourth-order valence-corrected chi connectivity index (χ4v) is 2.48. The van der Waals surface area contributed by atoms with Crippen molar-refractivity contribution in [2.24, 2.45) is 0 Å². The van der Waals surface area contributed by atoms with Crippen LogP contribution in [-0.4, -0.2) is 15.3 Å². The monoisotopic (exact) mass is 276 g/mol. The molecule has 0 aliphatic carbocycles. The Hall–Kier alpha value is -1.74. The van der Waals surface area contributed by atoms with E-state index in [-0.39, 0.29) is 18.1 Å². The van der Waals surface area contributed by atoms with Crippen LogP contribution in [0.25, 0.3) is 0 Å². The van der Waals surface area contributed by atoms with E-state index in [2.05, 4.69) is 0 Å². The molecule has 0 atom stereocenters. The van der Waals surface area contributed by atoms with E-state index < -0.39 is 5.41 Å². The minimum absolute atomic E-state index is 0.0166. The highest BCUT2D eigenvalue weighted by Crippen LogP contribution is 2.40. The summed E-state index contributed by atoms with van der Waals surface area (Å²) in [6, 6.07) is 1.54. The van der Waals surface area contributed by atoms with Crippen LogP contribution >= 0.6 is 0 Å². The first kappa shape index (κ1) is 16.3. The van der Waals surface area contributed by atoms with E-state index in [0.29, 0.717) is 16.7 Å². The van der Waals surface area contributed by atoms with E-state index >= 15 is 0 Å². The Kier molecular flexibility index (Phi) is 5.01. The molecule has 0 bridgehead atoms. The number of rotatable bonds is 4. The van der Waals surface area contributed by atoms with Gasteiger partial charge in [-0.2, -0.15) is 0 Å². The van der Waals surface area contributed by atoms with Crippen LogP contribution in [-0.2, 0) is 12.0 Å². The molecule has 1 rings (SSSR count). The van der Waals surface area contributed by atoms with Crippen LogP contribution in [0.3, 0.4) is 0 Å². The maximum absolute atomic E-state index is 10.3. The number of aromatic hydroxyl groups is 2. The first-order valence-corrected chi connectivity index (χ1v) is 6.72. The van der Waals surface area contributed by atoms with Crippen LogP contribution in [0.15, 0.2) is 29.9 Å². The molecule has 0 fully saturated rings. The van der Waals surface area contributed by atoms with Crippen LogP contribution in [0.5, 0.6) is 11.5 Å². The molecule has 0 unspecified atom stereocenters. The van der Waals surface area contributed by atoms with Crippen molar-refractivity contribution in [1.29, 1.82) is 0 Å². The Morgan fingerprint density at radius 2 is 1.90 bits per heavy atom. The van der Waals surface area contributed by atoms with Crippen molar-refractivity contribution < 1.29 is 15.3 Å². The van der Waals surface area contributed by atoms with E-state index in [1.165, 1.54) is 6.07 Å². The highest BCUT2D eigenvalue weighted by Gasteiger charge is 2.25. The number of aliphatic hydroxyl groups excluding tert-OH is 1. The molecule has 20 heavy (non-hydrogen) atoms. The van der Waals surface area contributed by atoms with Crippen molar-refractivity contribution >= 4 is 0 Å². The molecule has 3 nitrogen and oxygen atoms in total. The molecule has 0 heterocycles. The van der Waals surface area contributed by atoms with Crippen molar-refractivity contribution in [2.75, 3.05) is 0 Å². The lowest BCUT2D eigenvalue weighted by molar-refractivity contribution is 0.273. The number of hydrogen-bond donors (Lipinski definition) is 3. The van der Waals surface area contributed by atoms with Gasteiger partial charge in [0.2, 0.25) is 0 Å². The summed E-state index contributed by atoms with van der Waals surface area (Å²) in [4.78, 5) is 0. The molecule has 0 spiro atoms. The van der Waals surface area contributed by atoms with Gasteiger partial charge in [0.25, 0.3) is 0 Å². The van der Waals surface area contributed by atoms with Gasteiger partial charge in [-0.1, -0.05) is 37.6 Å². The lowest BCUT2D eigenvalue weighted by Crippen LogP contribution is -2.15. The molecule has 1 aromatic carbocycles. The summed E-state index contributed by atoms with van der Waals surface area (Å²) in [5.41, 5.74) is 2.20. The van der Waals surface area contributed by atoms with Crippen LogP contribution < -0.4 is 0 Å². The molecule has 0 saturated carbocycles. The van der Waals surface area contributed by atoms with Crippen molar-refractivity contribution in [3.8, 4) is 11.5 Å². The third kappa shape index (κ3) is 3.23. The molecular weight excluding hydrogens is 252 g/mol. The molecule has 0 aliphatic heterocycles. The zero-order valence-corrected chi connectivity index (χ0v) is 12.9. The van der Waals surface area contributed by atoms with Gasteiger partial charge in [0.1, 0.15) is 11.5 Å². The van der Waals surface area contributed by atoms with Gasteiger partial charge >= 0.3 is 0 Å². The summed E-state index contributed by atoms with van der Waals surface area (Å²) >= 11 is 0. The largest absolute Gasteiger partial charge is 0.508 e. The summed E-state index contributed by atoms with van der Waals surface area (Å²) in [5.74, 6) is 0.143. The Morgan fingerprint density at radius 3 is 2.40 bits per heavy atom. The number of benzene rings is 1. The van der Waals surface area contributed by atoms with Crippen molar-refractivity contribution in [1.82, 2.24) is 0 Å². The second-order valence-corrected chi connectivity index (χ2v) is 5.66. The molecular formula is C17H24O3. The summed E-state index contributed by atoms with van der Waals surface area (Å²) in [5, 5.41) is 29.6. The average molecular weight is 276 g/mol. The maximum Gasteiger partial charge on any atom is 0.123 e. The number of phenolic OH excluding ortho intramolecular Hbond substituents is 1. The molecule has 0 saturated heterocycles. The highest BCUT2D eigenvalue weighted by molar-refractivity contribution is 5.55. The predicted molar refractivity (Wildman–Crippen MR) is 82.0 cm³/mol. The number of phenols is 2. The lowest BCUT2D eigenvalue weighted by atomic mass is 9.80. The molecule has 0 aliphatic rings. The van der Waals surface area contributed by atoms with Gasteiger partial charge in [0, 0.05) is 22.1 Å². The summed E-state index contributed by atoms with van der Waals surface area (Å²) in [6.45, 7) is 9.31. The van der Waals surface area contributed by atoms with Gasteiger partial charge in [-0.3, -0.25) is 0 Å². The van der Waals surface area contributed by atoms with E-state index in [1.54, 1.807) is 6.92 Å². The number of hydrogen-bond acceptors (Lipinski definition) is 3. The average Bonchev–Trinajstić information content (AvgIpc) is 2.33. The molecule has 1 aromatic rings. The SMILES string of the molecule is C/C=C\C(C)=C\C(C)(C)c1cc(O)c(CO)c(C)c1O. The van der Waals surface area contributed by atoms with Gasteiger partial charge in [-0.05, 0) is 26.8 Å². The Morgan fingerprint density at radius 1 is 1.30 bits per heavy atom. The number of allylic oxidation sites excluding steroid dienone is 4. The second-order valence-electron chi connectivity index (χ2n) is 5.66. The first-order chi connectivity index (χ1) is 9.24. The topological polar surface area (TPSA) is 60.7 Å². The smallest absolute Gasteiger partial charge is 0.123 e. The zero-order valence-electron chi connectivity index (χ0n) is 12.9. The highest BCUT2D eigenvalue weighted by atomic mass is 16.3. The van der Waals surface area contributed by atoms with E-state index in [4.69, 9.17) is 0 Å². The van der Waals surface area contributed by atoms with Gasteiger partial charge in [0.15, 0.2) is 0 Å². The van der Waals surface area contributed by atoms with Gasteiger partial charge in [0.05, 0.1) is 6.61 Å². The van der Waals surface area contributed by atoms with Crippen LogP contribution in [0.1, 0.15) is 44.4 Å². The van der Waals surface area contributed by atoms with Crippen LogP contribution in [0.4, 0.5) is 0 Å².